The van der Waals surface area contributed by atoms with Gasteiger partial charge in [-0.15, -0.1) is 0 Å². The zero-order valence-corrected chi connectivity index (χ0v) is 12.3. The molecule has 3 rings (SSSR count). The molecule has 2 aromatic rings. The third kappa shape index (κ3) is 2.73. The van der Waals surface area contributed by atoms with Crippen molar-refractivity contribution in [2.45, 2.75) is 19.5 Å². The van der Waals surface area contributed by atoms with Gasteiger partial charge in [0.25, 0.3) is 0 Å². The molecule has 3 N–H and O–H groups in total. The van der Waals surface area contributed by atoms with Crippen LogP contribution < -0.4 is 5.73 Å². The van der Waals surface area contributed by atoms with Crippen LogP contribution in [0.1, 0.15) is 12.5 Å². The van der Waals surface area contributed by atoms with Crippen LogP contribution in [0.5, 0.6) is 0 Å². The lowest BCUT2D eigenvalue weighted by Crippen LogP contribution is -2.28. The van der Waals surface area contributed by atoms with Crippen LogP contribution in [-0.2, 0) is 6.54 Å². The number of halogens is 1. The van der Waals surface area contributed by atoms with Crippen LogP contribution in [0.25, 0.3) is 11.3 Å². The smallest absolute Gasteiger partial charge is 0.0695 e. The summed E-state index contributed by atoms with van der Waals surface area (Å²) >= 11 is 6.06. The molecule has 1 aromatic heterocycles. The Morgan fingerprint density at radius 2 is 2.30 bits per heavy atom. The maximum Gasteiger partial charge on any atom is 0.0695 e. The van der Waals surface area contributed by atoms with Crippen molar-refractivity contribution in [2.24, 2.45) is 11.7 Å². The maximum absolute atomic E-state index is 6.08. The lowest BCUT2D eigenvalue weighted by Gasteiger charge is -2.15. The Labute approximate surface area is 123 Å². The van der Waals surface area contributed by atoms with Crippen LogP contribution in [0.4, 0.5) is 0 Å². The summed E-state index contributed by atoms with van der Waals surface area (Å²) in [5, 5.41) is 8.00. The van der Waals surface area contributed by atoms with E-state index >= 15 is 0 Å². The van der Waals surface area contributed by atoms with Gasteiger partial charge in [0.2, 0.25) is 0 Å². The Hall–Kier alpha value is -1.36. The van der Waals surface area contributed by atoms with Gasteiger partial charge in [0.1, 0.15) is 0 Å². The third-order valence-corrected chi connectivity index (χ3v) is 4.21. The van der Waals surface area contributed by atoms with Crippen molar-refractivity contribution in [1.82, 2.24) is 15.1 Å². The Morgan fingerprint density at radius 3 is 3.00 bits per heavy atom. The van der Waals surface area contributed by atoms with Gasteiger partial charge in [-0.25, -0.2) is 0 Å². The molecule has 106 valence electrons. The summed E-state index contributed by atoms with van der Waals surface area (Å²) in [7, 11) is 0. The highest BCUT2D eigenvalue weighted by molar-refractivity contribution is 6.30. The van der Waals surface area contributed by atoms with Crippen molar-refractivity contribution < 1.29 is 0 Å². The molecule has 2 unspecified atom stereocenters. The van der Waals surface area contributed by atoms with E-state index in [1.807, 2.05) is 30.5 Å². The highest BCUT2D eigenvalue weighted by Crippen LogP contribution is 2.26. The van der Waals surface area contributed by atoms with Gasteiger partial charge in [-0.05, 0) is 18.1 Å². The fourth-order valence-electron chi connectivity index (χ4n) is 2.79. The number of hydrogen-bond donors (Lipinski definition) is 2. The van der Waals surface area contributed by atoms with E-state index in [9.17, 15) is 0 Å². The van der Waals surface area contributed by atoms with Crippen LogP contribution in [-0.4, -0.2) is 34.2 Å². The average molecular weight is 291 g/mol. The molecule has 0 amide bonds. The largest absolute Gasteiger partial charge is 0.326 e. The number of nitrogens with two attached hydrogens (primary N) is 1. The quantitative estimate of drug-likeness (QED) is 0.913. The molecule has 4 nitrogen and oxygen atoms in total. The Balaban J connectivity index is 1.81. The summed E-state index contributed by atoms with van der Waals surface area (Å²) in [5.41, 5.74) is 9.39. The van der Waals surface area contributed by atoms with Crippen LogP contribution in [0.3, 0.4) is 0 Å². The fraction of sp³-hybridized carbons (Fsp3) is 0.400. The average Bonchev–Trinajstić information content (AvgIpc) is 2.98. The van der Waals surface area contributed by atoms with Gasteiger partial charge in [-0.1, -0.05) is 30.7 Å². The number of aromatic amines is 1. The van der Waals surface area contributed by atoms with Crippen LogP contribution in [0, 0.1) is 5.92 Å². The number of hydrogen-bond acceptors (Lipinski definition) is 3. The van der Waals surface area contributed by atoms with Gasteiger partial charge in [-0.2, -0.15) is 5.10 Å². The first kappa shape index (κ1) is 13.6. The lowest BCUT2D eigenvalue weighted by atomic mass is 10.1. The third-order valence-electron chi connectivity index (χ3n) is 3.97. The van der Waals surface area contributed by atoms with Crippen LogP contribution in [0.2, 0.25) is 5.02 Å². The SMILES string of the molecule is CC1CN(Cc2cn[nH]c2-c2cccc(Cl)c2)CC1N. The molecule has 1 aliphatic rings. The number of benzene rings is 1. The second-order valence-corrected chi connectivity index (χ2v) is 6.05. The molecule has 1 saturated heterocycles. The van der Waals surface area contributed by atoms with Crippen LogP contribution in [0.15, 0.2) is 30.5 Å². The normalized spacial score (nSPS) is 23.4. The summed E-state index contributed by atoms with van der Waals surface area (Å²) in [6.45, 7) is 5.07. The van der Waals surface area contributed by atoms with E-state index in [4.69, 9.17) is 17.3 Å². The summed E-state index contributed by atoms with van der Waals surface area (Å²) in [4.78, 5) is 2.38. The highest BCUT2D eigenvalue weighted by atomic mass is 35.5. The monoisotopic (exact) mass is 290 g/mol. The summed E-state index contributed by atoms with van der Waals surface area (Å²) < 4.78 is 0. The minimum absolute atomic E-state index is 0.275. The topological polar surface area (TPSA) is 57.9 Å². The lowest BCUT2D eigenvalue weighted by molar-refractivity contribution is 0.319. The van der Waals surface area contributed by atoms with Crippen molar-refractivity contribution in [2.75, 3.05) is 13.1 Å². The number of H-pyrrole nitrogens is 1. The first-order valence-corrected chi connectivity index (χ1v) is 7.27. The van der Waals surface area contributed by atoms with Crippen molar-refractivity contribution in [3.05, 3.63) is 41.0 Å². The number of rotatable bonds is 3. The summed E-state index contributed by atoms with van der Waals surface area (Å²) in [6.07, 6.45) is 1.89. The zero-order chi connectivity index (χ0) is 14.1. The Kier molecular flexibility index (Phi) is 3.78. The van der Waals surface area contributed by atoms with Gasteiger partial charge in [-0.3, -0.25) is 10.00 Å². The molecule has 5 heteroatoms. The van der Waals surface area contributed by atoms with E-state index in [-0.39, 0.29) is 6.04 Å². The molecule has 1 aliphatic heterocycles. The first-order valence-electron chi connectivity index (χ1n) is 6.89. The van der Waals surface area contributed by atoms with E-state index in [0.29, 0.717) is 5.92 Å². The zero-order valence-electron chi connectivity index (χ0n) is 11.5. The molecular formula is C15H19ClN4. The molecule has 1 aromatic carbocycles. The van der Waals surface area contributed by atoms with Gasteiger partial charge in [0.15, 0.2) is 0 Å². The van der Waals surface area contributed by atoms with E-state index in [1.165, 1.54) is 5.56 Å². The van der Waals surface area contributed by atoms with Crippen molar-refractivity contribution in [1.29, 1.82) is 0 Å². The van der Waals surface area contributed by atoms with E-state index < -0.39 is 0 Å². The van der Waals surface area contributed by atoms with Crippen molar-refractivity contribution >= 4 is 11.6 Å². The van der Waals surface area contributed by atoms with Crippen molar-refractivity contribution in [3.63, 3.8) is 0 Å². The maximum atomic E-state index is 6.08. The summed E-state index contributed by atoms with van der Waals surface area (Å²) in [6, 6.07) is 8.10. The molecule has 0 spiro atoms. The van der Waals surface area contributed by atoms with Gasteiger partial charge < -0.3 is 5.73 Å². The minimum atomic E-state index is 0.275. The molecule has 2 atom stereocenters. The molecule has 1 fully saturated rings. The number of nitrogens with zero attached hydrogens (tertiary/aromatic N) is 2. The van der Waals surface area contributed by atoms with E-state index in [2.05, 4.69) is 22.0 Å². The van der Waals surface area contributed by atoms with Gasteiger partial charge >= 0.3 is 0 Å². The van der Waals surface area contributed by atoms with Crippen molar-refractivity contribution in [3.8, 4) is 11.3 Å². The first-order chi connectivity index (χ1) is 9.63. The fourth-order valence-corrected chi connectivity index (χ4v) is 2.98. The Morgan fingerprint density at radius 1 is 1.45 bits per heavy atom. The Bertz CT molecular complexity index is 585. The minimum Gasteiger partial charge on any atom is -0.326 e. The number of likely N-dealkylation sites (tertiary alicyclic amines) is 1. The molecule has 0 saturated carbocycles. The van der Waals surface area contributed by atoms with Gasteiger partial charge in [0, 0.05) is 41.8 Å². The number of nitrogens with one attached hydrogen (secondary N) is 1. The predicted molar refractivity (Wildman–Crippen MR) is 81.5 cm³/mol. The summed E-state index contributed by atoms with van der Waals surface area (Å²) in [5.74, 6) is 0.552. The second-order valence-electron chi connectivity index (χ2n) is 5.62. The highest BCUT2D eigenvalue weighted by Gasteiger charge is 2.27. The van der Waals surface area contributed by atoms with Gasteiger partial charge in [0.05, 0.1) is 11.9 Å². The molecule has 0 radical (unpaired) electrons. The predicted octanol–water partition coefficient (Wildman–Crippen LogP) is 2.51. The molecule has 0 aliphatic carbocycles. The van der Waals surface area contributed by atoms with E-state index in [1.54, 1.807) is 0 Å². The van der Waals surface area contributed by atoms with E-state index in [0.717, 1.165) is 35.9 Å². The molecule has 0 bridgehead atoms. The van der Waals surface area contributed by atoms with Crippen LogP contribution >= 0.6 is 11.6 Å². The molecule has 20 heavy (non-hydrogen) atoms. The number of aromatic nitrogens is 2. The second kappa shape index (κ2) is 5.56. The molecule has 2 heterocycles. The molecular weight excluding hydrogens is 272 g/mol. The standard InChI is InChI=1S/C15H19ClN4/c1-10-7-20(9-14(10)17)8-12-6-18-19-15(12)11-3-2-4-13(16)5-11/h2-6,10,14H,7-9,17H2,1H3,(H,18,19).